The maximum atomic E-state index is 13.6. The van der Waals surface area contributed by atoms with Gasteiger partial charge in [0.1, 0.15) is 5.65 Å². The fraction of sp³-hybridized carbons (Fsp3) is 0.312. The number of hydrogen-bond donors (Lipinski definition) is 0. The third-order valence-electron chi connectivity index (χ3n) is 7.51. The van der Waals surface area contributed by atoms with Crippen molar-refractivity contribution in [3.63, 3.8) is 0 Å². The summed E-state index contributed by atoms with van der Waals surface area (Å²) < 4.78 is 2.14. The van der Waals surface area contributed by atoms with Crippen molar-refractivity contribution in [3.05, 3.63) is 108 Å². The number of aromatic nitrogens is 2. The Labute approximate surface area is 225 Å². The Morgan fingerprint density at radius 2 is 1.71 bits per heavy atom. The fourth-order valence-corrected chi connectivity index (χ4v) is 5.21. The smallest absolute Gasteiger partial charge is 0.223 e. The molecule has 0 radical (unpaired) electrons. The van der Waals surface area contributed by atoms with E-state index in [1.165, 1.54) is 5.56 Å². The lowest BCUT2D eigenvalue weighted by atomic mass is 9.91. The summed E-state index contributed by atoms with van der Waals surface area (Å²) in [6.07, 6.45) is 8.81. The second-order valence-corrected chi connectivity index (χ2v) is 10.3. The quantitative estimate of drug-likeness (QED) is 0.333. The van der Waals surface area contributed by atoms with Crippen molar-refractivity contribution in [2.75, 3.05) is 51.7 Å². The van der Waals surface area contributed by atoms with E-state index in [9.17, 15) is 4.79 Å². The number of benzene rings is 2. The summed E-state index contributed by atoms with van der Waals surface area (Å²) in [5.41, 5.74) is 6.63. The number of hydrogen-bond acceptors (Lipinski definition) is 4. The van der Waals surface area contributed by atoms with E-state index in [4.69, 9.17) is 4.98 Å². The molecular weight excluding hydrogens is 470 g/mol. The number of carbonyl (C=O) groups excluding carboxylic acids is 1. The molecule has 6 heteroatoms. The fourth-order valence-electron chi connectivity index (χ4n) is 5.21. The molecule has 0 aliphatic carbocycles. The van der Waals surface area contributed by atoms with Crippen molar-refractivity contribution >= 4 is 23.3 Å². The van der Waals surface area contributed by atoms with Crippen molar-refractivity contribution < 1.29 is 4.79 Å². The molecule has 0 N–H and O–H groups in total. The number of nitrogens with zero attached hydrogens (tertiary/aromatic N) is 5. The summed E-state index contributed by atoms with van der Waals surface area (Å²) in [4.78, 5) is 24.9. The van der Waals surface area contributed by atoms with Gasteiger partial charge in [0.05, 0.1) is 5.69 Å². The number of fused-ring (bicyclic) bond motifs is 1. The van der Waals surface area contributed by atoms with Crippen molar-refractivity contribution in [1.82, 2.24) is 19.2 Å². The average molecular weight is 508 g/mol. The Morgan fingerprint density at radius 3 is 2.42 bits per heavy atom. The van der Waals surface area contributed by atoms with Crippen molar-refractivity contribution in [2.45, 2.75) is 19.3 Å². The summed E-state index contributed by atoms with van der Waals surface area (Å²) in [6.45, 7) is 6.28. The molecule has 1 aliphatic heterocycles. The van der Waals surface area contributed by atoms with Gasteiger partial charge in [-0.3, -0.25) is 9.69 Å². The lowest BCUT2D eigenvalue weighted by molar-refractivity contribution is -0.133. The average Bonchev–Trinajstić information content (AvgIpc) is 3.38. The van der Waals surface area contributed by atoms with Crippen molar-refractivity contribution in [3.8, 4) is 0 Å². The molecule has 1 saturated heterocycles. The molecule has 6 nitrogen and oxygen atoms in total. The van der Waals surface area contributed by atoms with Gasteiger partial charge in [-0.15, -0.1) is 0 Å². The Bertz CT molecular complexity index is 1380. The Morgan fingerprint density at radius 1 is 0.974 bits per heavy atom. The summed E-state index contributed by atoms with van der Waals surface area (Å²) in [6, 6.07) is 23.1. The summed E-state index contributed by atoms with van der Waals surface area (Å²) in [5.74, 6) is 0.135. The van der Waals surface area contributed by atoms with E-state index in [-0.39, 0.29) is 11.8 Å². The van der Waals surface area contributed by atoms with Crippen LogP contribution in [0.1, 0.15) is 34.7 Å². The molecule has 1 amide bonds. The molecule has 5 rings (SSSR count). The second kappa shape index (κ2) is 11.7. The maximum absolute atomic E-state index is 13.6. The molecule has 2 aromatic heterocycles. The highest BCUT2D eigenvalue weighted by molar-refractivity contribution is 5.78. The van der Waals surface area contributed by atoms with Gasteiger partial charge in [-0.25, -0.2) is 4.98 Å². The van der Waals surface area contributed by atoms with Crippen LogP contribution in [0.5, 0.6) is 0 Å². The van der Waals surface area contributed by atoms with E-state index in [1.54, 1.807) is 0 Å². The van der Waals surface area contributed by atoms with Crippen LogP contribution in [0.2, 0.25) is 0 Å². The minimum Gasteiger partial charge on any atom is -0.378 e. The van der Waals surface area contributed by atoms with Gasteiger partial charge >= 0.3 is 0 Å². The minimum atomic E-state index is -0.0673. The van der Waals surface area contributed by atoms with E-state index in [1.807, 2.05) is 37.3 Å². The number of imidazole rings is 1. The minimum absolute atomic E-state index is 0.0673. The molecule has 2 aromatic carbocycles. The molecule has 0 saturated carbocycles. The third-order valence-corrected chi connectivity index (χ3v) is 7.51. The Balaban J connectivity index is 1.29. The van der Waals surface area contributed by atoms with E-state index in [0.29, 0.717) is 6.42 Å². The molecule has 4 aromatic rings. The molecule has 1 aliphatic rings. The summed E-state index contributed by atoms with van der Waals surface area (Å²) in [5, 5.41) is 0. The molecular formula is C32H37N5O. The van der Waals surface area contributed by atoms with Crippen LogP contribution < -0.4 is 4.90 Å². The zero-order chi connectivity index (χ0) is 26.5. The highest BCUT2D eigenvalue weighted by Crippen LogP contribution is 2.31. The topological polar surface area (TPSA) is 44.1 Å². The standard InChI is InChI=1S/C32H37N5O/c1-25-9-7-18-37-30(24-33-32(25)37)29(27-13-15-28(16-14-27)34(2)3)23-31(38)36-21-19-35(20-22-36)17-8-12-26-10-5-4-6-11-26/h4-16,18,24,29H,17,19-23H2,1-3H3. The molecule has 1 atom stereocenters. The SMILES string of the molecule is Cc1cccn2c(C(CC(=O)N3CCN(CC=Cc4ccccc4)CC3)c3ccc(N(C)C)cc3)cnc12. The second-order valence-electron chi connectivity index (χ2n) is 10.3. The van der Waals surface area contributed by atoms with Crippen LogP contribution in [-0.2, 0) is 4.79 Å². The number of aryl methyl sites for hydroxylation is 1. The van der Waals surface area contributed by atoms with Gasteiger partial charge in [-0.1, -0.05) is 60.7 Å². The molecule has 38 heavy (non-hydrogen) atoms. The van der Waals surface area contributed by atoms with Crippen LogP contribution in [0.3, 0.4) is 0 Å². The number of rotatable bonds is 8. The zero-order valence-corrected chi connectivity index (χ0v) is 22.6. The van der Waals surface area contributed by atoms with E-state index < -0.39 is 0 Å². The maximum Gasteiger partial charge on any atom is 0.223 e. The Kier molecular flexibility index (Phi) is 7.89. The molecule has 1 fully saturated rings. The van der Waals surface area contributed by atoms with Crippen LogP contribution in [0, 0.1) is 6.92 Å². The highest BCUT2D eigenvalue weighted by atomic mass is 16.2. The lowest BCUT2D eigenvalue weighted by Gasteiger charge is -2.35. The van der Waals surface area contributed by atoms with E-state index in [2.05, 4.69) is 94.1 Å². The first-order chi connectivity index (χ1) is 18.5. The lowest BCUT2D eigenvalue weighted by Crippen LogP contribution is -2.48. The number of amides is 1. The molecule has 3 heterocycles. The van der Waals surface area contributed by atoms with Crippen LogP contribution in [0.15, 0.2) is 85.2 Å². The molecule has 0 spiro atoms. The predicted octanol–water partition coefficient (Wildman–Crippen LogP) is 5.09. The summed E-state index contributed by atoms with van der Waals surface area (Å²) >= 11 is 0. The van der Waals surface area contributed by atoms with Crippen LogP contribution in [0.4, 0.5) is 5.69 Å². The van der Waals surface area contributed by atoms with Gasteiger partial charge in [0.15, 0.2) is 0 Å². The van der Waals surface area contributed by atoms with Crippen molar-refractivity contribution in [1.29, 1.82) is 0 Å². The normalized spacial score (nSPS) is 15.3. The molecule has 0 bridgehead atoms. The first-order valence-electron chi connectivity index (χ1n) is 13.4. The van der Waals surface area contributed by atoms with Gasteiger partial charge in [-0.05, 0) is 41.8 Å². The Hall–Kier alpha value is -3.90. The van der Waals surface area contributed by atoms with Crippen molar-refractivity contribution in [2.24, 2.45) is 0 Å². The predicted molar refractivity (Wildman–Crippen MR) is 156 cm³/mol. The van der Waals surface area contributed by atoms with Gasteiger partial charge < -0.3 is 14.2 Å². The number of carbonyl (C=O) groups is 1. The van der Waals surface area contributed by atoms with Gasteiger partial charge in [0, 0.05) is 77.2 Å². The number of anilines is 1. The monoisotopic (exact) mass is 507 g/mol. The number of pyridine rings is 1. The van der Waals surface area contributed by atoms with Gasteiger partial charge in [0.25, 0.3) is 0 Å². The summed E-state index contributed by atoms with van der Waals surface area (Å²) in [7, 11) is 4.08. The zero-order valence-electron chi connectivity index (χ0n) is 22.6. The molecule has 196 valence electrons. The first kappa shape index (κ1) is 25.7. The van der Waals surface area contributed by atoms with E-state index >= 15 is 0 Å². The highest BCUT2D eigenvalue weighted by Gasteiger charge is 2.27. The van der Waals surface area contributed by atoms with Crippen LogP contribution in [0.25, 0.3) is 11.7 Å². The van der Waals surface area contributed by atoms with Gasteiger partial charge in [0.2, 0.25) is 5.91 Å². The van der Waals surface area contributed by atoms with E-state index in [0.717, 1.165) is 60.9 Å². The number of piperazine rings is 1. The molecule has 1 unspecified atom stereocenters. The largest absolute Gasteiger partial charge is 0.378 e. The van der Waals surface area contributed by atoms with Crippen LogP contribution in [-0.4, -0.2) is 71.9 Å². The van der Waals surface area contributed by atoms with Crippen LogP contribution >= 0.6 is 0 Å². The van der Waals surface area contributed by atoms with Gasteiger partial charge in [-0.2, -0.15) is 0 Å². The first-order valence-corrected chi connectivity index (χ1v) is 13.4. The third kappa shape index (κ3) is 5.81.